The first kappa shape index (κ1) is 28.0. The number of amides is 1. The molecule has 0 spiro atoms. The minimum absolute atomic E-state index is 0.0812. The number of anilines is 1. The Kier molecular flexibility index (Phi) is 7.92. The zero-order valence-electron chi connectivity index (χ0n) is 22.2. The lowest BCUT2D eigenvalue weighted by molar-refractivity contribution is -0.137. The van der Waals surface area contributed by atoms with E-state index in [-0.39, 0.29) is 36.3 Å². The van der Waals surface area contributed by atoms with Gasteiger partial charge in [-0.25, -0.2) is 9.78 Å². The van der Waals surface area contributed by atoms with E-state index in [1.807, 2.05) is 24.8 Å². The number of nitrogens with one attached hydrogen (secondary N) is 1. The molecule has 0 radical (unpaired) electrons. The second-order valence-electron chi connectivity index (χ2n) is 9.79. The first-order valence-electron chi connectivity index (χ1n) is 12.7. The fourth-order valence-electron chi connectivity index (χ4n) is 5.14. The van der Waals surface area contributed by atoms with Crippen LogP contribution >= 0.6 is 0 Å². The Morgan fingerprint density at radius 1 is 1.18 bits per heavy atom. The van der Waals surface area contributed by atoms with E-state index in [1.165, 1.54) is 23.6 Å². The maximum absolute atomic E-state index is 13.2. The minimum atomic E-state index is -4.44. The number of piperazine rings is 1. The molecule has 1 unspecified atom stereocenters. The van der Waals surface area contributed by atoms with E-state index in [2.05, 4.69) is 20.2 Å². The quantitative estimate of drug-likeness (QED) is 0.510. The Labute approximate surface area is 223 Å². The van der Waals surface area contributed by atoms with Gasteiger partial charge in [0.2, 0.25) is 5.91 Å². The normalized spacial score (nSPS) is 19.1. The highest BCUT2D eigenvalue weighted by Gasteiger charge is 2.37. The van der Waals surface area contributed by atoms with E-state index >= 15 is 0 Å². The van der Waals surface area contributed by atoms with Crippen LogP contribution in [0.2, 0.25) is 0 Å². The van der Waals surface area contributed by atoms with Crippen LogP contribution in [0.15, 0.2) is 41.2 Å². The summed E-state index contributed by atoms with van der Waals surface area (Å²) in [6.07, 6.45) is -3.75. The molecule has 1 aliphatic heterocycles. The summed E-state index contributed by atoms with van der Waals surface area (Å²) in [5.41, 5.74) is 0.694. The molecule has 4 rings (SSSR count). The van der Waals surface area contributed by atoms with E-state index in [9.17, 15) is 28.0 Å². The third kappa shape index (κ3) is 5.73. The minimum Gasteiger partial charge on any atom is -0.354 e. The van der Waals surface area contributed by atoms with Gasteiger partial charge in [0.15, 0.2) is 5.82 Å². The predicted octanol–water partition coefficient (Wildman–Crippen LogP) is 3.39. The van der Waals surface area contributed by atoms with Crippen molar-refractivity contribution in [2.45, 2.75) is 51.5 Å². The molecule has 1 amide bonds. The summed E-state index contributed by atoms with van der Waals surface area (Å²) < 4.78 is 41.0. The summed E-state index contributed by atoms with van der Waals surface area (Å²) in [6.45, 7) is 6.56. The van der Waals surface area contributed by atoms with E-state index in [1.54, 1.807) is 19.2 Å². The molecule has 1 fully saturated rings. The van der Waals surface area contributed by atoms with Gasteiger partial charge in [0.05, 0.1) is 17.1 Å². The number of hydrogen-bond donors (Lipinski definition) is 1. The molecule has 39 heavy (non-hydrogen) atoms. The van der Waals surface area contributed by atoms with Crippen LogP contribution in [0.1, 0.15) is 50.1 Å². The first-order valence-corrected chi connectivity index (χ1v) is 12.7. The third-order valence-corrected chi connectivity index (χ3v) is 7.24. The maximum Gasteiger partial charge on any atom is 0.416 e. The van der Waals surface area contributed by atoms with Crippen LogP contribution in [-0.4, -0.2) is 57.1 Å². The molecule has 1 N–H and O–H groups in total. The number of carbonyl (C=O) groups excluding carboxylic acids is 1. The lowest BCUT2D eigenvalue weighted by Gasteiger charge is -2.49. The fourth-order valence-corrected chi connectivity index (χ4v) is 5.14. The Bertz CT molecular complexity index is 1460. The third-order valence-electron chi connectivity index (χ3n) is 7.24. The van der Waals surface area contributed by atoms with Crippen molar-refractivity contribution in [3.63, 3.8) is 0 Å². The van der Waals surface area contributed by atoms with Crippen molar-refractivity contribution in [2.75, 3.05) is 24.5 Å². The number of rotatable bonds is 6. The van der Waals surface area contributed by atoms with Crippen LogP contribution in [0.25, 0.3) is 11.0 Å². The molecule has 2 aromatic heterocycles. The van der Waals surface area contributed by atoms with Crippen molar-refractivity contribution in [3.8, 4) is 6.07 Å². The molecule has 1 aromatic carbocycles. The highest BCUT2D eigenvalue weighted by molar-refractivity contribution is 5.86. The monoisotopic (exact) mass is 541 g/mol. The van der Waals surface area contributed by atoms with Gasteiger partial charge < -0.3 is 10.2 Å². The number of aromatic nitrogens is 3. The van der Waals surface area contributed by atoms with E-state index < -0.39 is 17.4 Å². The van der Waals surface area contributed by atoms with Gasteiger partial charge in [-0.3, -0.25) is 14.3 Å². The smallest absolute Gasteiger partial charge is 0.354 e. The second kappa shape index (κ2) is 11.0. The van der Waals surface area contributed by atoms with Gasteiger partial charge in [-0.2, -0.15) is 23.4 Å². The molecule has 3 heterocycles. The second-order valence-corrected chi connectivity index (χ2v) is 9.79. The molecule has 9 nitrogen and oxygen atoms in total. The number of nitrogens with zero attached hydrogens (tertiary/aromatic N) is 6. The van der Waals surface area contributed by atoms with Crippen molar-refractivity contribution < 1.29 is 18.0 Å². The molecule has 0 aliphatic carbocycles. The number of alkyl halides is 3. The first-order chi connectivity index (χ1) is 18.4. The molecule has 0 bridgehead atoms. The summed E-state index contributed by atoms with van der Waals surface area (Å²) in [6, 6.07) is 9.69. The SMILES string of the molecule is CC[C@@H]1CN(c2nc(=O)n(C)c3ccc(C#N)nc23)[C@@H](C)CN1C(CNC(C)=O)c1ccc(C(F)(F)F)cc1. The Balaban J connectivity index is 1.72. The highest BCUT2D eigenvalue weighted by Crippen LogP contribution is 2.34. The zero-order valence-corrected chi connectivity index (χ0v) is 22.2. The molecule has 3 atom stereocenters. The fraction of sp³-hybridized carbons (Fsp3) is 0.444. The number of nitriles is 1. The summed E-state index contributed by atoms with van der Waals surface area (Å²) in [7, 11) is 1.60. The van der Waals surface area contributed by atoms with Crippen molar-refractivity contribution in [1.29, 1.82) is 5.26 Å². The summed E-state index contributed by atoms with van der Waals surface area (Å²) >= 11 is 0. The molecular weight excluding hydrogens is 511 g/mol. The van der Waals surface area contributed by atoms with Crippen molar-refractivity contribution in [1.82, 2.24) is 24.8 Å². The van der Waals surface area contributed by atoms with E-state index in [0.717, 1.165) is 12.1 Å². The van der Waals surface area contributed by atoms with Gasteiger partial charge in [-0.05, 0) is 43.2 Å². The average Bonchev–Trinajstić information content (AvgIpc) is 2.90. The van der Waals surface area contributed by atoms with Crippen LogP contribution in [0, 0.1) is 11.3 Å². The maximum atomic E-state index is 13.2. The average molecular weight is 542 g/mol. The Morgan fingerprint density at radius 3 is 2.46 bits per heavy atom. The van der Waals surface area contributed by atoms with Crippen molar-refractivity contribution in [3.05, 3.63) is 63.7 Å². The van der Waals surface area contributed by atoms with E-state index in [0.29, 0.717) is 41.9 Å². The summed E-state index contributed by atoms with van der Waals surface area (Å²) in [4.78, 5) is 37.5. The van der Waals surface area contributed by atoms with E-state index in [4.69, 9.17) is 0 Å². The molecule has 1 saturated heterocycles. The summed E-state index contributed by atoms with van der Waals surface area (Å²) in [5, 5.41) is 12.2. The molecular formula is C27H30F3N7O2. The van der Waals surface area contributed by atoms with Crippen molar-refractivity contribution >= 4 is 22.8 Å². The van der Waals surface area contributed by atoms with Crippen LogP contribution in [0.3, 0.4) is 0 Å². The van der Waals surface area contributed by atoms with Gasteiger partial charge in [-0.1, -0.05) is 19.1 Å². The summed E-state index contributed by atoms with van der Waals surface area (Å²) in [5.74, 6) is 0.158. The lowest BCUT2D eigenvalue weighted by atomic mass is 9.96. The molecule has 1 aliphatic rings. The van der Waals surface area contributed by atoms with Gasteiger partial charge >= 0.3 is 11.9 Å². The molecule has 206 valence electrons. The van der Waals surface area contributed by atoms with Crippen LogP contribution < -0.4 is 15.9 Å². The lowest BCUT2D eigenvalue weighted by Crippen LogP contribution is -2.59. The predicted molar refractivity (Wildman–Crippen MR) is 140 cm³/mol. The van der Waals surface area contributed by atoms with Gasteiger partial charge in [0.1, 0.15) is 17.3 Å². The van der Waals surface area contributed by atoms with Crippen LogP contribution in [0.5, 0.6) is 0 Å². The topological polar surface area (TPSA) is 107 Å². The van der Waals surface area contributed by atoms with Crippen molar-refractivity contribution in [2.24, 2.45) is 7.05 Å². The number of carbonyl (C=O) groups is 1. The van der Waals surface area contributed by atoms with Gasteiger partial charge in [0.25, 0.3) is 0 Å². The number of halogens is 3. The van der Waals surface area contributed by atoms with Gasteiger partial charge in [-0.15, -0.1) is 0 Å². The number of benzene rings is 1. The molecule has 3 aromatic rings. The van der Waals surface area contributed by atoms with Gasteiger partial charge in [0, 0.05) is 45.7 Å². The number of fused-ring (bicyclic) bond motifs is 1. The molecule has 12 heteroatoms. The standard InChI is InChI=1S/C27H30F3N7O2/c1-5-21-15-36(25-24-22(35(4)26(39)34-25)11-10-20(12-31)33-24)16(2)14-37(21)23(13-32-17(3)38)18-6-8-19(9-7-18)27(28,29)30/h6-11,16,21,23H,5,13-15H2,1-4H3,(H,32,38)/t16-,21+,23?/m0/s1. The number of aryl methyl sites for hydroxylation is 1. The number of hydrogen-bond acceptors (Lipinski definition) is 7. The number of pyridine rings is 1. The van der Waals surface area contributed by atoms with Crippen LogP contribution in [0.4, 0.5) is 19.0 Å². The molecule has 0 saturated carbocycles. The Morgan fingerprint density at radius 2 is 1.87 bits per heavy atom. The zero-order chi connectivity index (χ0) is 28.5. The highest BCUT2D eigenvalue weighted by atomic mass is 19.4. The Hall–Kier alpha value is -3.98. The van der Waals surface area contributed by atoms with Crippen LogP contribution in [-0.2, 0) is 18.0 Å². The largest absolute Gasteiger partial charge is 0.416 e.